The number of amides is 4. The number of anilines is 2. The number of hydrogen-bond donors (Lipinski definition) is 4. The molecule has 0 bridgehead atoms. The van der Waals surface area contributed by atoms with Crippen LogP contribution >= 0.6 is 0 Å². The highest BCUT2D eigenvalue weighted by molar-refractivity contribution is 6.20. The molecule has 117 valence electrons. The van der Waals surface area contributed by atoms with Gasteiger partial charge in [-0.2, -0.15) is 0 Å². The maximum atomic E-state index is 10.8. The predicted molar refractivity (Wildman–Crippen MR) is 86.3 cm³/mol. The van der Waals surface area contributed by atoms with E-state index in [0.717, 1.165) is 7.69 Å². The third kappa shape index (κ3) is 5.50. The summed E-state index contributed by atoms with van der Waals surface area (Å²) in [5.74, 6) is 0.894. The second-order valence-corrected chi connectivity index (χ2v) is 4.37. The second-order valence-electron chi connectivity index (χ2n) is 4.37. The van der Waals surface area contributed by atoms with Gasteiger partial charge in [0.25, 0.3) is 0 Å². The number of rotatable bonds is 6. The largest absolute Gasteiger partial charge is 0.658 e. The van der Waals surface area contributed by atoms with Crippen molar-refractivity contribution in [3.05, 3.63) is 48.5 Å². The number of carbonyl (C=O) groups is 2. The lowest BCUT2D eigenvalue weighted by atomic mass is 10.2. The predicted octanol–water partition coefficient (Wildman–Crippen LogP) is 1.66. The first-order chi connectivity index (χ1) is 11.0. The van der Waals surface area contributed by atoms with Crippen LogP contribution in [0.4, 0.5) is 21.0 Å². The van der Waals surface area contributed by atoms with E-state index in [0.29, 0.717) is 22.9 Å². The molecule has 0 saturated heterocycles. The summed E-state index contributed by atoms with van der Waals surface area (Å²) in [5.41, 5.74) is 11.1. The van der Waals surface area contributed by atoms with Gasteiger partial charge in [-0.1, -0.05) is 12.1 Å². The number of nitrogens with one attached hydrogen (secondary N) is 2. The van der Waals surface area contributed by atoms with Crippen molar-refractivity contribution in [3.8, 4) is 11.5 Å². The van der Waals surface area contributed by atoms with Crippen LogP contribution in [0.2, 0.25) is 0 Å². The first-order valence-electron chi connectivity index (χ1n) is 6.51. The number of carbonyl (C=O) groups excluding carboxylic acids is 2. The minimum absolute atomic E-state index is 0.447. The van der Waals surface area contributed by atoms with Crippen molar-refractivity contribution in [2.24, 2.45) is 11.5 Å². The van der Waals surface area contributed by atoms with Gasteiger partial charge in [0, 0.05) is 23.5 Å². The summed E-state index contributed by atoms with van der Waals surface area (Å²) in [5, 5.41) is 4.86. The van der Waals surface area contributed by atoms with Gasteiger partial charge in [0.2, 0.25) is 0 Å². The van der Waals surface area contributed by atoms with E-state index in [9.17, 15) is 9.59 Å². The molecule has 0 atom stereocenters. The number of hydrogen-bond acceptors (Lipinski definition) is 4. The van der Waals surface area contributed by atoms with E-state index < -0.39 is 12.1 Å². The molecule has 0 fully saturated rings. The Morgan fingerprint density at radius 1 is 0.826 bits per heavy atom. The minimum Gasteiger partial charge on any atom is -0.526 e. The molecular formula is C14H14BN4O4. The third-order valence-electron chi connectivity index (χ3n) is 2.57. The molecule has 1 radical (unpaired) electrons. The summed E-state index contributed by atoms with van der Waals surface area (Å²) in [7, 11) is 1.12. The summed E-state index contributed by atoms with van der Waals surface area (Å²) in [6.07, 6.45) is 0. The molecular weight excluding hydrogens is 299 g/mol. The maximum Gasteiger partial charge on any atom is 0.658 e. The van der Waals surface area contributed by atoms with Crippen LogP contribution in [0, 0.1) is 0 Å². The van der Waals surface area contributed by atoms with Crippen LogP contribution in [-0.4, -0.2) is 19.7 Å². The highest BCUT2D eigenvalue weighted by Gasteiger charge is 2.05. The highest BCUT2D eigenvalue weighted by Crippen LogP contribution is 2.19. The zero-order valence-corrected chi connectivity index (χ0v) is 12.0. The van der Waals surface area contributed by atoms with E-state index in [4.69, 9.17) is 20.8 Å². The fourth-order valence-electron chi connectivity index (χ4n) is 1.71. The molecule has 2 aromatic rings. The molecule has 0 unspecified atom stereocenters. The Labute approximate surface area is 133 Å². The molecule has 8 nitrogen and oxygen atoms in total. The number of nitrogens with two attached hydrogens (primary N) is 2. The zero-order chi connectivity index (χ0) is 16.7. The lowest BCUT2D eigenvalue weighted by Gasteiger charge is -2.09. The average Bonchev–Trinajstić information content (AvgIpc) is 2.46. The molecule has 23 heavy (non-hydrogen) atoms. The first-order valence-corrected chi connectivity index (χ1v) is 6.51. The monoisotopic (exact) mass is 313 g/mol. The summed E-state index contributed by atoms with van der Waals surface area (Å²) in [6.45, 7) is 0. The minimum atomic E-state index is -0.666. The molecule has 0 spiro atoms. The van der Waals surface area contributed by atoms with Crippen LogP contribution in [-0.2, 0) is 0 Å². The van der Waals surface area contributed by atoms with Gasteiger partial charge in [0.15, 0.2) is 0 Å². The van der Waals surface area contributed by atoms with E-state index in [1.54, 1.807) is 48.5 Å². The molecule has 2 rings (SSSR count). The van der Waals surface area contributed by atoms with Crippen molar-refractivity contribution in [1.82, 2.24) is 0 Å². The fourth-order valence-corrected chi connectivity index (χ4v) is 1.71. The Hall–Kier alpha value is -3.36. The van der Waals surface area contributed by atoms with Crippen LogP contribution in [0.3, 0.4) is 0 Å². The Morgan fingerprint density at radius 2 is 1.26 bits per heavy atom. The molecule has 4 amide bonds. The van der Waals surface area contributed by atoms with Crippen LogP contribution in [0.1, 0.15) is 0 Å². The van der Waals surface area contributed by atoms with Crippen molar-refractivity contribution < 1.29 is 18.9 Å². The van der Waals surface area contributed by atoms with Crippen LogP contribution < -0.4 is 31.4 Å². The van der Waals surface area contributed by atoms with E-state index in [1.807, 2.05) is 0 Å². The summed E-state index contributed by atoms with van der Waals surface area (Å²) in [6, 6.07) is 11.9. The van der Waals surface area contributed by atoms with Gasteiger partial charge >= 0.3 is 19.7 Å². The van der Waals surface area contributed by atoms with Gasteiger partial charge in [-0.15, -0.1) is 0 Å². The van der Waals surface area contributed by atoms with E-state index >= 15 is 0 Å². The molecule has 0 heterocycles. The van der Waals surface area contributed by atoms with Crippen LogP contribution in [0.5, 0.6) is 11.5 Å². The van der Waals surface area contributed by atoms with Gasteiger partial charge in [0.05, 0.1) is 0 Å². The average molecular weight is 313 g/mol. The van der Waals surface area contributed by atoms with Crippen molar-refractivity contribution in [2.75, 3.05) is 10.6 Å². The van der Waals surface area contributed by atoms with Gasteiger partial charge in [0.1, 0.15) is 11.5 Å². The zero-order valence-electron chi connectivity index (χ0n) is 12.0. The van der Waals surface area contributed by atoms with Gasteiger partial charge in [-0.3, -0.25) is 0 Å². The standard InChI is InChI=1S/C14H14BN4O4/c16-13(20)18-9-3-1-5-11(7-9)22-15-23-12-6-2-4-10(8-12)19-14(17)21/h1-8H,(H3,16,18,20)(H3,17,19,21). The summed E-state index contributed by atoms with van der Waals surface area (Å²) in [4.78, 5) is 21.6. The summed E-state index contributed by atoms with van der Waals surface area (Å²) < 4.78 is 10.6. The molecule has 0 aliphatic heterocycles. The topological polar surface area (TPSA) is 129 Å². The van der Waals surface area contributed by atoms with Crippen molar-refractivity contribution in [3.63, 3.8) is 0 Å². The lowest BCUT2D eigenvalue weighted by molar-refractivity contribution is 0.258. The highest BCUT2D eigenvalue weighted by atomic mass is 16.6. The van der Waals surface area contributed by atoms with Gasteiger partial charge in [-0.05, 0) is 24.3 Å². The Balaban J connectivity index is 1.89. The molecule has 9 heteroatoms. The summed E-state index contributed by atoms with van der Waals surface area (Å²) >= 11 is 0. The van der Waals surface area contributed by atoms with E-state index in [2.05, 4.69) is 10.6 Å². The Kier molecular flexibility index (Phi) is 5.29. The van der Waals surface area contributed by atoms with Gasteiger partial charge in [-0.25, -0.2) is 9.59 Å². The SMILES string of the molecule is NC(=O)Nc1cccc(O[B]Oc2cccc(NC(N)=O)c2)c1. The fraction of sp³-hybridized carbons (Fsp3) is 0. The quantitative estimate of drug-likeness (QED) is 0.604. The molecule has 0 aromatic heterocycles. The van der Waals surface area contributed by atoms with Crippen LogP contribution in [0.15, 0.2) is 48.5 Å². The third-order valence-corrected chi connectivity index (χ3v) is 2.57. The smallest absolute Gasteiger partial charge is 0.526 e. The number of primary amides is 2. The van der Waals surface area contributed by atoms with Gasteiger partial charge < -0.3 is 31.4 Å². The lowest BCUT2D eigenvalue weighted by Crippen LogP contribution is -2.19. The van der Waals surface area contributed by atoms with E-state index in [1.165, 1.54) is 0 Å². The molecule has 2 aromatic carbocycles. The second kappa shape index (κ2) is 7.60. The number of urea groups is 2. The Morgan fingerprint density at radius 3 is 1.65 bits per heavy atom. The normalized spacial score (nSPS) is 9.57. The maximum absolute atomic E-state index is 10.8. The molecule has 6 N–H and O–H groups in total. The molecule has 0 saturated carbocycles. The Bertz CT molecular complexity index is 651. The van der Waals surface area contributed by atoms with Crippen molar-refractivity contribution >= 4 is 31.1 Å². The van der Waals surface area contributed by atoms with Crippen molar-refractivity contribution in [1.29, 1.82) is 0 Å². The van der Waals surface area contributed by atoms with E-state index in [-0.39, 0.29) is 0 Å². The molecule has 0 aliphatic carbocycles. The first kappa shape index (κ1) is 16.0. The molecule has 0 aliphatic rings. The van der Waals surface area contributed by atoms with Crippen LogP contribution in [0.25, 0.3) is 0 Å². The van der Waals surface area contributed by atoms with Crippen molar-refractivity contribution in [2.45, 2.75) is 0 Å². The number of benzene rings is 2.